The van der Waals surface area contributed by atoms with E-state index in [4.69, 9.17) is 11.6 Å². The van der Waals surface area contributed by atoms with Crippen molar-refractivity contribution >= 4 is 33.2 Å². The first-order valence-corrected chi connectivity index (χ1v) is 8.42. The summed E-state index contributed by atoms with van der Waals surface area (Å²) >= 11 is 5.80. The second-order valence-electron chi connectivity index (χ2n) is 4.49. The first-order valence-electron chi connectivity index (χ1n) is 6.55. The van der Waals surface area contributed by atoms with Crippen LogP contribution in [0, 0.1) is 0 Å². The summed E-state index contributed by atoms with van der Waals surface area (Å²) in [5, 5.41) is 2.54. The highest BCUT2D eigenvalue weighted by Gasteiger charge is 2.21. The molecule has 0 aliphatic carbocycles. The lowest BCUT2D eigenvalue weighted by Crippen LogP contribution is -2.19. The van der Waals surface area contributed by atoms with E-state index in [-0.39, 0.29) is 26.9 Å². The molecule has 0 fully saturated rings. The molecule has 1 aromatic heterocycles. The predicted molar refractivity (Wildman–Crippen MR) is 86.5 cm³/mol. The summed E-state index contributed by atoms with van der Waals surface area (Å²) in [4.78, 5) is 15.0. The molecular formula is C14H13ClFN3O4S. The van der Waals surface area contributed by atoms with Crippen molar-refractivity contribution in [2.75, 3.05) is 18.6 Å². The molecule has 2 rings (SSSR count). The van der Waals surface area contributed by atoms with Crippen molar-refractivity contribution in [3.63, 3.8) is 0 Å². The number of pyridine rings is 1. The summed E-state index contributed by atoms with van der Waals surface area (Å²) in [6.45, 7) is -1.20. The minimum Gasteiger partial charge on any atom is -0.461 e. The van der Waals surface area contributed by atoms with Gasteiger partial charge in [-0.3, -0.25) is 14.5 Å². The van der Waals surface area contributed by atoms with E-state index >= 15 is 0 Å². The minimum absolute atomic E-state index is 0.0577. The summed E-state index contributed by atoms with van der Waals surface area (Å²) < 4.78 is 44.3. The monoisotopic (exact) mass is 373 g/mol. The summed E-state index contributed by atoms with van der Waals surface area (Å²) in [5.74, 6) is -0.613. The average Bonchev–Trinajstić information content (AvgIpc) is 2.55. The zero-order valence-electron chi connectivity index (χ0n) is 12.4. The number of rotatable bonds is 6. The zero-order valence-corrected chi connectivity index (χ0v) is 14.0. The maximum absolute atomic E-state index is 12.5. The average molecular weight is 374 g/mol. The van der Waals surface area contributed by atoms with Crippen molar-refractivity contribution in [1.82, 2.24) is 10.3 Å². The fourth-order valence-corrected chi connectivity index (χ4v) is 3.29. The smallest absolute Gasteiger partial charge is 0.265 e. The quantitative estimate of drug-likeness (QED) is 0.809. The van der Waals surface area contributed by atoms with E-state index in [2.05, 4.69) is 19.8 Å². The van der Waals surface area contributed by atoms with Gasteiger partial charge in [0.1, 0.15) is 10.6 Å². The lowest BCUT2D eigenvalue weighted by molar-refractivity contribution is 0.0962. The number of aromatic nitrogens is 1. The van der Waals surface area contributed by atoms with Gasteiger partial charge in [0, 0.05) is 18.3 Å². The van der Waals surface area contributed by atoms with E-state index < -0.39 is 22.8 Å². The van der Waals surface area contributed by atoms with Gasteiger partial charge in [-0.1, -0.05) is 11.6 Å². The van der Waals surface area contributed by atoms with Crippen molar-refractivity contribution < 1.29 is 22.3 Å². The number of nitrogens with zero attached hydrogens (tertiary/aromatic N) is 1. The number of amides is 1. The van der Waals surface area contributed by atoms with Crippen LogP contribution in [0.3, 0.4) is 0 Å². The number of alkyl halides is 1. The van der Waals surface area contributed by atoms with Crippen LogP contribution in [-0.2, 0) is 10.0 Å². The number of sulfonamides is 1. The number of carbonyl (C=O) groups excluding carboxylic acids is 1. The second-order valence-corrected chi connectivity index (χ2v) is 6.58. The van der Waals surface area contributed by atoms with Crippen molar-refractivity contribution in [3.05, 3.63) is 47.2 Å². The summed E-state index contributed by atoms with van der Waals surface area (Å²) in [6.07, 6.45) is 2.51. The van der Waals surface area contributed by atoms with Crippen LogP contribution in [0.15, 0.2) is 41.6 Å². The molecule has 2 aromatic rings. The first kappa shape index (κ1) is 18.0. The van der Waals surface area contributed by atoms with E-state index in [0.29, 0.717) is 0 Å². The molecule has 1 aromatic carbocycles. The molecule has 24 heavy (non-hydrogen) atoms. The minimum atomic E-state index is -4.14. The van der Waals surface area contributed by atoms with Crippen LogP contribution in [-0.4, -0.2) is 33.2 Å². The van der Waals surface area contributed by atoms with Crippen LogP contribution in [0.4, 0.5) is 10.1 Å². The molecule has 10 heteroatoms. The number of nitrogens with one attached hydrogen (secondary N) is 2. The number of benzene rings is 1. The Hall–Kier alpha value is -2.39. The van der Waals surface area contributed by atoms with Crippen molar-refractivity contribution in [3.8, 4) is 5.75 Å². The molecule has 0 unspecified atom stereocenters. The van der Waals surface area contributed by atoms with Gasteiger partial charge in [0.15, 0.2) is 0 Å². The molecule has 7 nitrogen and oxygen atoms in total. The van der Waals surface area contributed by atoms with Crippen molar-refractivity contribution in [1.29, 1.82) is 0 Å². The maximum atomic E-state index is 12.5. The lowest BCUT2D eigenvalue weighted by atomic mass is 10.2. The number of ether oxygens (including phenoxy) is 1. The Morgan fingerprint density at radius 3 is 2.75 bits per heavy atom. The Balaban J connectivity index is 2.39. The third-order valence-electron chi connectivity index (χ3n) is 2.89. The van der Waals surface area contributed by atoms with Crippen LogP contribution in [0.5, 0.6) is 5.75 Å². The van der Waals surface area contributed by atoms with Gasteiger partial charge in [0.2, 0.25) is 6.86 Å². The number of halogens is 2. The van der Waals surface area contributed by atoms with Gasteiger partial charge in [-0.15, -0.1) is 0 Å². The van der Waals surface area contributed by atoms with Crippen LogP contribution < -0.4 is 14.8 Å². The Bertz CT molecular complexity index is 861. The van der Waals surface area contributed by atoms with Gasteiger partial charge < -0.3 is 10.1 Å². The molecule has 128 valence electrons. The van der Waals surface area contributed by atoms with Gasteiger partial charge in [-0.25, -0.2) is 12.8 Å². The number of anilines is 1. The molecule has 1 amide bonds. The van der Waals surface area contributed by atoms with Gasteiger partial charge in [0.05, 0.1) is 17.4 Å². The Kier molecular flexibility index (Phi) is 5.58. The molecule has 0 saturated carbocycles. The lowest BCUT2D eigenvalue weighted by Gasteiger charge is -2.12. The molecule has 0 bridgehead atoms. The highest BCUT2D eigenvalue weighted by Crippen LogP contribution is 2.29. The molecular weight excluding hydrogens is 361 g/mol. The third kappa shape index (κ3) is 4.12. The number of hydrogen-bond donors (Lipinski definition) is 2. The molecule has 0 aliphatic rings. The van der Waals surface area contributed by atoms with Crippen LogP contribution in [0.2, 0.25) is 5.02 Å². The molecule has 0 aliphatic heterocycles. The highest BCUT2D eigenvalue weighted by molar-refractivity contribution is 7.92. The van der Waals surface area contributed by atoms with Crippen molar-refractivity contribution in [2.24, 2.45) is 0 Å². The van der Waals surface area contributed by atoms with Gasteiger partial charge >= 0.3 is 0 Å². The van der Waals surface area contributed by atoms with E-state index in [9.17, 15) is 17.6 Å². The predicted octanol–water partition coefficient (Wildman–Crippen LogP) is 2.20. The van der Waals surface area contributed by atoms with Crippen molar-refractivity contribution in [2.45, 2.75) is 4.90 Å². The van der Waals surface area contributed by atoms with Gasteiger partial charge in [-0.05, 0) is 24.3 Å². The Morgan fingerprint density at radius 1 is 1.33 bits per heavy atom. The van der Waals surface area contributed by atoms with E-state index in [1.54, 1.807) is 0 Å². The van der Waals surface area contributed by atoms with Crippen LogP contribution in [0.1, 0.15) is 10.4 Å². The molecule has 0 radical (unpaired) electrons. The Labute approximate surface area is 142 Å². The second kappa shape index (κ2) is 7.45. The number of carbonyl (C=O) groups is 1. The molecule has 0 saturated heterocycles. The standard InChI is InChI=1S/C14H13ClFN3O4S/c1-17-14(20)9-4-11(7-18-6-9)19-24(21,22)13-5-10(15)2-3-12(13)23-8-16/h2-7,19H,8H2,1H3,(H,17,20). The zero-order chi connectivity index (χ0) is 17.7. The summed E-state index contributed by atoms with van der Waals surface area (Å²) in [7, 11) is -2.70. The molecule has 0 spiro atoms. The van der Waals surface area contributed by atoms with Crippen LogP contribution >= 0.6 is 11.6 Å². The third-order valence-corrected chi connectivity index (χ3v) is 4.52. The van der Waals surface area contributed by atoms with E-state index in [0.717, 1.165) is 6.07 Å². The summed E-state index contributed by atoms with van der Waals surface area (Å²) in [6, 6.07) is 5.06. The molecule has 1 heterocycles. The fourth-order valence-electron chi connectivity index (χ4n) is 1.84. The topological polar surface area (TPSA) is 97.4 Å². The summed E-state index contributed by atoms with van der Waals surface area (Å²) in [5.41, 5.74) is 0.228. The fraction of sp³-hybridized carbons (Fsp3) is 0.143. The molecule has 0 atom stereocenters. The SMILES string of the molecule is CNC(=O)c1cncc(NS(=O)(=O)c2cc(Cl)ccc2OCF)c1. The number of hydrogen-bond acceptors (Lipinski definition) is 5. The normalized spacial score (nSPS) is 11.0. The van der Waals surface area contributed by atoms with Gasteiger partial charge in [0.25, 0.3) is 15.9 Å². The van der Waals surface area contributed by atoms with Gasteiger partial charge in [-0.2, -0.15) is 0 Å². The Morgan fingerprint density at radius 2 is 2.08 bits per heavy atom. The van der Waals surface area contributed by atoms with Crippen LogP contribution in [0.25, 0.3) is 0 Å². The van der Waals surface area contributed by atoms with E-state index in [1.165, 1.54) is 37.6 Å². The highest BCUT2D eigenvalue weighted by atomic mass is 35.5. The van der Waals surface area contributed by atoms with E-state index in [1.807, 2.05) is 0 Å². The molecule has 2 N–H and O–H groups in total. The first-order chi connectivity index (χ1) is 11.4. The maximum Gasteiger partial charge on any atom is 0.265 e. The largest absolute Gasteiger partial charge is 0.461 e.